The highest BCUT2D eigenvalue weighted by Crippen LogP contribution is 2.63. The average Bonchev–Trinajstić information content (AvgIpc) is 3.95. The summed E-state index contributed by atoms with van der Waals surface area (Å²) in [7, 11) is 0. The number of benzene rings is 4. The van der Waals surface area contributed by atoms with Crippen LogP contribution in [0.25, 0.3) is 78.0 Å². The molecule has 0 radical (unpaired) electrons. The Morgan fingerprint density at radius 3 is 1.98 bits per heavy atom. The summed E-state index contributed by atoms with van der Waals surface area (Å²) >= 11 is 0. The standard InChI is InChI=1S/C41H22N6O/c1-4-10-29-24(7-1)25-8-2-5-11-30(25)41(29)31-12-6-3-9-27(31)37-32(41)20-33-38-45-22-34(47(38)40-39(46(33)37)43-17-18-44-40)23-13-14-26-28-21-42-16-15-35(28)48-36(26)19-23/h1-22H. The highest BCUT2D eigenvalue weighted by molar-refractivity contribution is 6.06. The van der Waals surface area contributed by atoms with Gasteiger partial charge < -0.3 is 4.42 Å². The fourth-order valence-electron chi connectivity index (χ4n) is 8.79. The molecule has 2 aliphatic carbocycles. The molecule has 48 heavy (non-hydrogen) atoms. The number of nitrogens with zero attached hydrogens (tertiary/aromatic N) is 6. The van der Waals surface area contributed by atoms with Crippen LogP contribution >= 0.6 is 0 Å². The van der Waals surface area contributed by atoms with Crippen molar-refractivity contribution in [1.82, 2.24) is 28.7 Å². The maximum atomic E-state index is 6.24. The Bertz CT molecular complexity index is 2990. The summed E-state index contributed by atoms with van der Waals surface area (Å²) in [5.74, 6) is 0. The van der Waals surface area contributed by atoms with Crippen LogP contribution in [0, 0.1) is 0 Å². The molecular weight excluding hydrogens is 592 g/mol. The molecule has 10 aromatic rings. The van der Waals surface area contributed by atoms with E-state index in [1.54, 1.807) is 18.6 Å². The molecule has 0 aliphatic heterocycles. The minimum absolute atomic E-state index is 0.465. The first kappa shape index (κ1) is 24.6. The van der Waals surface area contributed by atoms with E-state index < -0.39 is 5.41 Å². The molecule has 0 fully saturated rings. The van der Waals surface area contributed by atoms with Crippen LogP contribution in [0.2, 0.25) is 0 Å². The van der Waals surface area contributed by atoms with Gasteiger partial charge >= 0.3 is 0 Å². The van der Waals surface area contributed by atoms with Crippen molar-refractivity contribution in [2.24, 2.45) is 0 Å². The van der Waals surface area contributed by atoms with E-state index in [2.05, 4.69) is 111 Å². The van der Waals surface area contributed by atoms with Crippen molar-refractivity contribution in [2.75, 3.05) is 0 Å². The number of aromatic nitrogens is 6. The van der Waals surface area contributed by atoms with Gasteiger partial charge in [-0.05, 0) is 57.6 Å². The molecule has 0 unspecified atom stereocenters. The van der Waals surface area contributed by atoms with Crippen LogP contribution in [-0.4, -0.2) is 28.7 Å². The third-order valence-electron chi connectivity index (χ3n) is 10.6. The van der Waals surface area contributed by atoms with Gasteiger partial charge in [0.25, 0.3) is 0 Å². The Morgan fingerprint density at radius 1 is 0.521 bits per heavy atom. The fourth-order valence-corrected chi connectivity index (χ4v) is 8.79. The van der Waals surface area contributed by atoms with E-state index in [4.69, 9.17) is 19.4 Å². The molecule has 12 rings (SSSR count). The zero-order valence-corrected chi connectivity index (χ0v) is 25.3. The predicted molar refractivity (Wildman–Crippen MR) is 186 cm³/mol. The normalized spacial score (nSPS) is 14.0. The van der Waals surface area contributed by atoms with Crippen LogP contribution in [0.1, 0.15) is 22.3 Å². The van der Waals surface area contributed by atoms with Crippen LogP contribution < -0.4 is 0 Å². The molecule has 6 heterocycles. The van der Waals surface area contributed by atoms with Crippen LogP contribution in [0.5, 0.6) is 0 Å². The maximum absolute atomic E-state index is 6.24. The second-order valence-corrected chi connectivity index (χ2v) is 12.7. The van der Waals surface area contributed by atoms with Crippen LogP contribution in [0.3, 0.4) is 0 Å². The highest BCUT2D eigenvalue weighted by Gasteiger charge is 2.53. The van der Waals surface area contributed by atoms with Crippen LogP contribution in [-0.2, 0) is 5.41 Å². The van der Waals surface area contributed by atoms with Gasteiger partial charge in [-0.15, -0.1) is 0 Å². The predicted octanol–water partition coefficient (Wildman–Crippen LogP) is 8.84. The Balaban J connectivity index is 1.22. The largest absolute Gasteiger partial charge is 0.456 e. The van der Waals surface area contributed by atoms with Gasteiger partial charge in [0.1, 0.15) is 11.2 Å². The van der Waals surface area contributed by atoms with E-state index in [9.17, 15) is 0 Å². The van der Waals surface area contributed by atoms with Gasteiger partial charge in [-0.2, -0.15) is 0 Å². The first-order valence-corrected chi connectivity index (χ1v) is 16.0. The second kappa shape index (κ2) is 8.40. The summed E-state index contributed by atoms with van der Waals surface area (Å²) < 4.78 is 10.7. The smallest absolute Gasteiger partial charge is 0.183 e. The number of pyridine rings is 1. The summed E-state index contributed by atoms with van der Waals surface area (Å²) in [6.07, 6.45) is 9.09. The zero-order valence-electron chi connectivity index (χ0n) is 25.3. The number of hydrogen-bond donors (Lipinski definition) is 0. The molecule has 1 spiro atoms. The average molecular weight is 615 g/mol. The quantitative estimate of drug-likeness (QED) is 0.185. The first-order chi connectivity index (χ1) is 23.8. The Labute approximate surface area is 272 Å². The number of fused-ring (bicyclic) bond motifs is 20. The molecule has 0 saturated carbocycles. The van der Waals surface area contributed by atoms with Crippen molar-refractivity contribution in [1.29, 1.82) is 0 Å². The molecule has 0 bridgehead atoms. The molecular formula is C41H22N6O. The van der Waals surface area contributed by atoms with E-state index in [1.807, 2.05) is 18.5 Å². The van der Waals surface area contributed by atoms with Gasteiger partial charge in [0.05, 0.1) is 28.5 Å². The van der Waals surface area contributed by atoms with Crippen LogP contribution in [0.4, 0.5) is 0 Å². The number of imidazole rings is 1. The lowest BCUT2D eigenvalue weighted by molar-refractivity contribution is 0.668. The van der Waals surface area contributed by atoms with E-state index >= 15 is 0 Å². The van der Waals surface area contributed by atoms with Crippen molar-refractivity contribution in [3.63, 3.8) is 0 Å². The lowest BCUT2D eigenvalue weighted by Gasteiger charge is -2.29. The highest BCUT2D eigenvalue weighted by atomic mass is 16.3. The number of hydrogen-bond acceptors (Lipinski definition) is 5. The minimum Gasteiger partial charge on any atom is -0.456 e. The fraction of sp³-hybridized carbons (Fsp3) is 0.0244. The van der Waals surface area contributed by atoms with Crippen molar-refractivity contribution in [2.45, 2.75) is 5.41 Å². The molecule has 0 N–H and O–H groups in total. The molecule has 4 aromatic carbocycles. The van der Waals surface area contributed by atoms with Crippen molar-refractivity contribution in [3.05, 3.63) is 156 Å². The van der Waals surface area contributed by atoms with E-state index in [0.29, 0.717) is 0 Å². The monoisotopic (exact) mass is 614 g/mol. The first-order valence-electron chi connectivity index (χ1n) is 16.0. The van der Waals surface area contributed by atoms with Gasteiger partial charge in [-0.3, -0.25) is 13.8 Å². The summed E-state index contributed by atoms with van der Waals surface area (Å²) in [4.78, 5) is 19.4. The molecule has 6 aromatic heterocycles. The van der Waals surface area contributed by atoms with Crippen LogP contribution in [0.15, 0.2) is 139 Å². The minimum atomic E-state index is -0.465. The van der Waals surface area contributed by atoms with Crippen molar-refractivity contribution >= 4 is 44.4 Å². The maximum Gasteiger partial charge on any atom is 0.183 e. The Kier molecular flexibility index (Phi) is 4.31. The molecule has 0 saturated heterocycles. The summed E-state index contributed by atoms with van der Waals surface area (Å²) in [5.41, 5.74) is 16.4. The Morgan fingerprint density at radius 2 is 1.21 bits per heavy atom. The summed E-state index contributed by atoms with van der Waals surface area (Å²) in [5, 5.41) is 2.04. The summed E-state index contributed by atoms with van der Waals surface area (Å²) in [6.45, 7) is 0. The van der Waals surface area contributed by atoms with Gasteiger partial charge in [-0.25, -0.2) is 15.0 Å². The molecule has 222 valence electrons. The molecule has 0 amide bonds. The SMILES string of the molecule is c1ccc2c(c1)-c1ccccc1C21c2ccccc2-c2c1cc1c3ncc(-c4ccc5c(c4)oc4ccncc45)n3c3nccnc3n21. The lowest BCUT2D eigenvalue weighted by Crippen LogP contribution is -2.25. The van der Waals surface area contributed by atoms with Crippen molar-refractivity contribution in [3.8, 4) is 33.6 Å². The van der Waals surface area contributed by atoms with Gasteiger partial charge in [-0.1, -0.05) is 78.9 Å². The third-order valence-corrected chi connectivity index (χ3v) is 10.6. The van der Waals surface area contributed by atoms with Gasteiger partial charge in [0.2, 0.25) is 0 Å². The van der Waals surface area contributed by atoms with Gasteiger partial charge in [0, 0.05) is 46.7 Å². The molecule has 2 aliphatic rings. The molecule has 0 atom stereocenters. The molecule has 7 nitrogen and oxygen atoms in total. The summed E-state index contributed by atoms with van der Waals surface area (Å²) in [6, 6.07) is 37.1. The topological polar surface area (TPSA) is 73.5 Å². The van der Waals surface area contributed by atoms with Gasteiger partial charge in [0.15, 0.2) is 16.9 Å². The van der Waals surface area contributed by atoms with E-state index in [1.165, 1.54) is 38.9 Å². The Hall–Kier alpha value is -6.60. The van der Waals surface area contributed by atoms with Crippen molar-refractivity contribution < 1.29 is 4.42 Å². The lowest BCUT2D eigenvalue weighted by atomic mass is 9.71. The molecule has 7 heteroatoms. The second-order valence-electron chi connectivity index (χ2n) is 12.7. The van der Waals surface area contributed by atoms with E-state index in [-0.39, 0.29) is 0 Å². The van der Waals surface area contributed by atoms with E-state index in [0.717, 1.165) is 61.3 Å². The zero-order chi connectivity index (χ0) is 31.1. The number of furan rings is 1. The number of rotatable bonds is 1. The third kappa shape index (κ3) is 2.71.